The van der Waals surface area contributed by atoms with Crippen molar-refractivity contribution in [3.05, 3.63) is 250 Å². The van der Waals surface area contributed by atoms with Gasteiger partial charge in [-0.25, -0.2) is 0 Å². The Hall–Kier alpha value is -7.23. The fraction of sp³-hybridized carbons (Fsp3) is 0.0556. The monoisotopic (exact) mass is 738 g/mol. The summed E-state index contributed by atoms with van der Waals surface area (Å²) in [6, 6.07) is 64.7. The summed E-state index contributed by atoms with van der Waals surface area (Å²) >= 11 is 0. The molecule has 276 valence electrons. The third kappa shape index (κ3) is 9.02. The average molecular weight is 739 g/mol. The SMILES string of the molecule is Cc1ccc(C(=O)c2c3ccccc3cc3ccccc23)cc1.Cc1ccc(C(=O)c2ccc3ccccc3c2)cc1.Cc1ccc(C(=O)c2ccccc2)cc1. The van der Waals surface area contributed by atoms with Crippen LogP contribution in [0.1, 0.15) is 64.5 Å². The lowest BCUT2D eigenvalue weighted by atomic mass is 9.91. The number of aryl methyl sites for hydroxylation is 3. The Morgan fingerprint density at radius 3 is 1.12 bits per heavy atom. The minimum Gasteiger partial charge on any atom is -0.289 e. The van der Waals surface area contributed by atoms with Gasteiger partial charge in [-0.3, -0.25) is 14.4 Å². The van der Waals surface area contributed by atoms with E-state index in [-0.39, 0.29) is 17.3 Å². The molecule has 0 radical (unpaired) electrons. The summed E-state index contributed by atoms with van der Waals surface area (Å²) in [7, 11) is 0. The molecular formula is C54H42O3. The van der Waals surface area contributed by atoms with Gasteiger partial charge >= 0.3 is 0 Å². The predicted molar refractivity (Wildman–Crippen MR) is 236 cm³/mol. The molecule has 0 unspecified atom stereocenters. The Kier molecular flexibility index (Phi) is 11.7. The number of carbonyl (C=O) groups excluding carboxylic acids is 3. The number of hydrogen-bond acceptors (Lipinski definition) is 3. The van der Waals surface area contributed by atoms with E-state index >= 15 is 0 Å². The fourth-order valence-corrected chi connectivity index (χ4v) is 6.77. The van der Waals surface area contributed by atoms with Crippen LogP contribution in [-0.2, 0) is 0 Å². The molecule has 3 nitrogen and oxygen atoms in total. The Bertz CT molecular complexity index is 2780. The van der Waals surface area contributed by atoms with E-state index in [4.69, 9.17) is 0 Å². The summed E-state index contributed by atoms with van der Waals surface area (Å²) in [5.74, 6) is 0.236. The first-order valence-electron chi connectivity index (χ1n) is 19.0. The molecule has 9 rings (SSSR count). The molecule has 0 aromatic heterocycles. The average Bonchev–Trinajstić information content (AvgIpc) is 3.26. The maximum atomic E-state index is 13.2. The van der Waals surface area contributed by atoms with Crippen molar-refractivity contribution >= 4 is 49.7 Å². The van der Waals surface area contributed by atoms with Gasteiger partial charge in [0.1, 0.15) is 0 Å². The first-order chi connectivity index (χ1) is 27.7. The van der Waals surface area contributed by atoms with Gasteiger partial charge in [0.2, 0.25) is 0 Å². The fourth-order valence-electron chi connectivity index (χ4n) is 6.77. The highest BCUT2D eigenvalue weighted by Crippen LogP contribution is 2.30. The van der Waals surface area contributed by atoms with Gasteiger partial charge in [-0.05, 0) is 65.2 Å². The van der Waals surface area contributed by atoms with E-state index in [1.165, 1.54) is 5.56 Å². The number of hydrogen-bond donors (Lipinski definition) is 0. The van der Waals surface area contributed by atoms with Crippen molar-refractivity contribution in [3.8, 4) is 0 Å². The van der Waals surface area contributed by atoms with Gasteiger partial charge in [0.25, 0.3) is 0 Å². The molecule has 0 aliphatic rings. The van der Waals surface area contributed by atoms with Gasteiger partial charge in [-0.1, -0.05) is 205 Å². The molecule has 3 heteroatoms. The van der Waals surface area contributed by atoms with Crippen molar-refractivity contribution in [1.82, 2.24) is 0 Å². The standard InChI is InChI=1S/C22H16O.C18H14O.C14H12O/c1-15-10-12-16(13-11-15)22(23)21-19-8-4-2-6-17(19)14-18-7-3-5-9-20(18)21;1-13-6-8-15(9-7-13)18(19)17-11-10-14-4-2-3-5-16(14)12-17;1-11-7-9-13(10-8-11)14(15)12-5-3-2-4-6-12/h2-14H,1H3;2-12H,1H3;2-10H,1H3. The Balaban J connectivity index is 0.000000134. The molecule has 0 amide bonds. The van der Waals surface area contributed by atoms with E-state index in [1.54, 1.807) is 0 Å². The van der Waals surface area contributed by atoms with Crippen LogP contribution in [0.4, 0.5) is 0 Å². The molecule has 0 fully saturated rings. The second-order valence-corrected chi connectivity index (χ2v) is 14.2. The third-order valence-corrected chi connectivity index (χ3v) is 9.99. The van der Waals surface area contributed by atoms with E-state index < -0.39 is 0 Å². The first kappa shape index (κ1) is 38.1. The largest absolute Gasteiger partial charge is 0.289 e. The topological polar surface area (TPSA) is 51.2 Å². The molecule has 0 spiro atoms. The van der Waals surface area contributed by atoms with Crippen molar-refractivity contribution in [2.75, 3.05) is 0 Å². The maximum Gasteiger partial charge on any atom is 0.194 e. The summed E-state index contributed by atoms with van der Waals surface area (Å²) in [4.78, 5) is 37.5. The zero-order valence-electron chi connectivity index (χ0n) is 32.3. The second kappa shape index (κ2) is 17.5. The molecule has 0 aliphatic carbocycles. The van der Waals surface area contributed by atoms with E-state index in [0.717, 1.165) is 76.8 Å². The van der Waals surface area contributed by atoms with Gasteiger partial charge in [0, 0.05) is 33.4 Å². The highest BCUT2D eigenvalue weighted by atomic mass is 16.1. The number of ketones is 3. The smallest absolute Gasteiger partial charge is 0.194 e. The molecule has 0 bridgehead atoms. The van der Waals surface area contributed by atoms with Gasteiger partial charge in [0.05, 0.1) is 0 Å². The first-order valence-corrected chi connectivity index (χ1v) is 19.0. The molecule has 0 heterocycles. The second-order valence-electron chi connectivity index (χ2n) is 14.2. The predicted octanol–water partition coefficient (Wildman–Crippen LogP) is 13.1. The van der Waals surface area contributed by atoms with Crippen molar-refractivity contribution in [2.45, 2.75) is 20.8 Å². The maximum absolute atomic E-state index is 13.2. The molecule has 0 saturated heterocycles. The molecule has 0 aliphatic heterocycles. The van der Waals surface area contributed by atoms with E-state index in [0.29, 0.717) is 0 Å². The van der Waals surface area contributed by atoms with Gasteiger partial charge in [0.15, 0.2) is 17.3 Å². The number of fused-ring (bicyclic) bond motifs is 3. The molecule has 0 N–H and O–H groups in total. The number of carbonyl (C=O) groups is 3. The van der Waals surface area contributed by atoms with Crippen molar-refractivity contribution < 1.29 is 14.4 Å². The summed E-state index contributed by atoms with van der Waals surface area (Å²) in [6.07, 6.45) is 0. The van der Waals surface area contributed by atoms with Crippen molar-refractivity contribution in [3.63, 3.8) is 0 Å². The number of benzene rings is 9. The third-order valence-electron chi connectivity index (χ3n) is 9.99. The molecule has 0 atom stereocenters. The van der Waals surface area contributed by atoms with Crippen LogP contribution in [0, 0.1) is 20.8 Å². The van der Waals surface area contributed by atoms with Crippen LogP contribution in [-0.4, -0.2) is 17.3 Å². The van der Waals surface area contributed by atoms with Gasteiger partial charge in [-0.2, -0.15) is 0 Å². The van der Waals surface area contributed by atoms with Crippen LogP contribution in [0.2, 0.25) is 0 Å². The minimum absolute atomic E-state index is 0.0748. The normalized spacial score (nSPS) is 10.6. The lowest BCUT2D eigenvalue weighted by molar-refractivity contribution is 0.103. The van der Waals surface area contributed by atoms with Crippen LogP contribution in [0.15, 0.2) is 200 Å². The van der Waals surface area contributed by atoms with E-state index in [1.807, 2.05) is 197 Å². The van der Waals surface area contributed by atoms with E-state index in [9.17, 15) is 14.4 Å². The van der Waals surface area contributed by atoms with E-state index in [2.05, 4.69) is 24.3 Å². The van der Waals surface area contributed by atoms with Crippen LogP contribution >= 0.6 is 0 Å². The van der Waals surface area contributed by atoms with Crippen molar-refractivity contribution in [2.24, 2.45) is 0 Å². The molecule has 9 aromatic rings. The zero-order valence-corrected chi connectivity index (χ0v) is 32.3. The Morgan fingerprint density at radius 1 is 0.281 bits per heavy atom. The summed E-state index contributed by atoms with van der Waals surface area (Å²) in [5, 5.41) is 6.47. The quantitative estimate of drug-likeness (QED) is 0.126. The Labute approximate surface area is 333 Å². The molecule has 57 heavy (non-hydrogen) atoms. The highest BCUT2D eigenvalue weighted by Gasteiger charge is 2.16. The summed E-state index contributed by atoms with van der Waals surface area (Å²) < 4.78 is 0. The lowest BCUT2D eigenvalue weighted by Crippen LogP contribution is -2.03. The van der Waals surface area contributed by atoms with Crippen LogP contribution in [0.25, 0.3) is 32.3 Å². The lowest BCUT2D eigenvalue weighted by Gasteiger charge is -2.11. The van der Waals surface area contributed by atoms with Crippen LogP contribution in [0.5, 0.6) is 0 Å². The van der Waals surface area contributed by atoms with Crippen LogP contribution in [0.3, 0.4) is 0 Å². The molecule has 0 saturated carbocycles. The summed E-state index contributed by atoms with van der Waals surface area (Å²) in [6.45, 7) is 6.06. The number of rotatable bonds is 6. The zero-order chi connectivity index (χ0) is 39.7. The minimum atomic E-state index is 0.0748. The molecule has 9 aromatic carbocycles. The van der Waals surface area contributed by atoms with Gasteiger partial charge < -0.3 is 0 Å². The van der Waals surface area contributed by atoms with Crippen LogP contribution < -0.4 is 0 Å². The highest BCUT2D eigenvalue weighted by molar-refractivity contribution is 6.24. The van der Waals surface area contributed by atoms with Crippen molar-refractivity contribution in [1.29, 1.82) is 0 Å². The summed E-state index contributed by atoms with van der Waals surface area (Å²) in [5.41, 5.74) is 7.97. The Morgan fingerprint density at radius 2 is 0.632 bits per heavy atom. The molecular weight excluding hydrogens is 697 g/mol. The van der Waals surface area contributed by atoms with Gasteiger partial charge in [-0.15, -0.1) is 0 Å².